The van der Waals surface area contributed by atoms with E-state index in [1.165, 1.54) is 4.88 Å². The molecule has 5 heteroatoms. The summed E-state index contributed by atoms with van der Waals surface area (Å²) < 4.78 is 0. The molecule has 0 aliphatic carbocycles. The van der Waals surface area contributed by atoms with Gasteiger partial charge in [0, 0.05) is 4.88 Å². The van der Waals surface area contributed by atoms with Gasteiger partial charge in [0.15, 0.2) is 5.13 Å². The second-order valence-electron chi connectivity index (χ2n) is 3.33. The van der Waals surface area contributed by atoms with Crippen LogP contribution in [0.3, 0.4) is 0 Å². The molecular formula is C11H10N4S. The zero-order valence-corrected chi connectivity index (χ0v) is 9.80. The van der Waals surface area contributed by atoms with E-state index in [1.807, 2.05) is 26.0 Å². The maximum absolute atomic E-state index is 8.61. The van der Waals surface area contributed by atoms with Gasteiger partial charge in [-0.15, -0.1) is 11.3 Å². The summed E-state index contributed by atoms with van der Waals surface area (Å²) >= 11 is 1.60. The number of thiazole rings is 1. The van der Waals surface area contributed by atoms with Crippen LogP contribution >= 0.6 is 11.3 Å². The number of hydrogen-bond acceptors (Lipinski definition) is 5. The molecule has 0 aliphatic rings. The van der Waals surface area contributed by atoms with Crippen molar-refractivity contribution < 1.29 is 0 Å². The fourth-order valence-corrected chi connectivity index (χ4v) is 2.02. The summed E-state index contributed by atoms with van der Waals surface area (Å²) in [5.74, 6) is 0. The van der Waals surface area contributed by atoms with Gasteiger partial charge in [-0.3, -0.25) is 0 Å². The maximum atomic E-state index is 8.61. The van der Waals surface area contributed by atoms with Crippen molar-refractivity contribution in [2.75, 3.05) is 5.32 Å². The topological polar surface area (TPSA) is 61.6 Å². The fraction of sp³-hybridized carbons (Fsp3) is 0.182. The maximum Gasteiger partial charge on any atom is 0.187 e. The quantitative estimate of drug-likeness (QED) is 0.861. The Morgan fingerprint density at radius 1 is 1.38 bits per heavy atom. The number of hydrogen-bond donors (Lipinski definition) is 1. The molecule has 0 aromatic carbocycles. The monoisotopic (exact) mass is 230 g/mol. The van der Waals surface area contributed by atoms with Gasteiger partial charge < -0.3 is 5.32 Å². The Balaban J connectivity index is 2.18. The molecule has 0 fully saturated rings. The molecule has 0 bridgehead atoms. The van der Waals surface area contributed by atoms with Crippen molar-refractivity contribution in [2.45, 2.75) is 13.8 Å². The van der Waals surface area contributed by atoms with Gasteiger partial charge in [-0.25, -0.2) is 9.97 Å². The second kappa shape index (κ2) is 4.29. The summed E-state index contributed by atoms with van der Waals surface area (Å²) in [5.41, 5.74) is 2.29. The minimum Gasteiger partial charge on any atom is -0.330 e. The predicted octanol–water partition coefficient (Wildman–Crippen LogP) is 2.77. The van der Waals surface area contributed by atoms with Crippen LogP contribution < -0.4 is 5.32 Å². The van der Waals surface area contributed by atoms with E-state index in [-0.39, 0.29) is 0 Å². The highest BCUT2D eigenvalue weighted by atomic mass is 32.1. The van der Waals surface area contributed by atoms with Crippen LogP contribution in [-0.4, -0.2) is 9.97 Å². The average molecular weight is 230 g/mol. The van der Waals surface area contributed by atoms with E-state index in [4.69, 9.17) is 5.26 Å². The number of nitrogens with one attached hydrogen (secondary N) is 1. The van der Waals surface area contributed by atoms with Crippen LogP contribution in [0.4, 0.5) is 10.8 Å². The molecule has 2 heterocycles. The highest BCUT2D eigenvalue weighted by molar-refractivity contribution is 7.15. The summed E-state index contributed by atoms with van der Waals surface area (Å²) in [4.78, 5) is 9.54. The lowest BCUT2D eigenvalue weighted by Gasteiger charge is -2.00. The van der Waals surface area contributed by atoms with E-state index in [0.717, 1.165) is 16.5 Å². The largest absolute Gasteiger partial charge is 0.330 e. The molecule has 0 amide bonds. The zero-order valence-electron chi connectivity index (χ0n) is 8.98. The molecule has 80 valence electrons. The molecule has 0 spiro atoms. The Kier molecular flexibility index (Phi) is 2.84. The van der Waals surface area contributed by atoms with Crippen molar-refractivity contribution in [3.8, 4) is 6.07 Å². The first-order valence-corrected chi connectivity index (χ1v) is 5.58. The van der Waals surface area contributed by atoms with Gasteiger partial charge >= 0.3 is 0 Å². The minimum absolute atomic E-state index is 0.414. The van der Waals surface area contributed by atoms with Crippen LogP contribution in [0.5, 0.6) is 0 Å². The lowest BCUT2D eigenvalue weighted by molar-refractivity contribution is 1.22. The highest BCUT2D eigenvalue weighted by Crippen LogP contribution is 2.24. The first-order chi connectivity index (χ1) is 7.69. The number of aromatic nitrogens is 2. The van der Waals surface area contributed by atoms with Gasteiger partial charge in [-0.2, -0.15) is 5.26 Å². The molecule has 0 saturated heterocycles. The van der Waals surface area contributed by atoms with Crippen molar-refractivity contribution in [1.29, 1.82) is 5.26 Å². The number of anilines is 2. The van der Waals surface area contributed by atoms with Gasteiger partial charge in [0.25, 0.3) is 0 Å². The predicted molar refractivity (Wildman–Crippen MR) is 63.8 cm³/mol. The summed E-state index contributed by atoms with van der Waals surface area (Å²) in [6, 6.07) is 5.47. The van der Waals surface area contributed by atoms with Crippen molar-refractivity contribution in [3.63, 3.8) is 0 Å². The minimum atomic E-state index is 0.414. The van der Waals surface area contributed by atoms with Crippen molar-refractivity contribution >= 4 is 22.2 Å². The van der Waals surface area contributed by atoms with Gasteiger partial charge in [0.05, 0.1) is 17.6 Å². The van der Waals surface area contributed by atoms with E-state index < -0.39 is 0 Å². The third-order valence-electron chi connectivity index (χ3n) is 2.16. The van der Waals surface area contributed by atoms with E-state index in [9.17, 15) is 0 Å². The van der Waals surface area contributed by atoms with Gasteiger partial charge in [-0.05, 0) is 26.0 Å². The van der Waals surface area contributed by atoms with E-state index in [2.05, 4.69) is 15.3 Å². The Labute approximate surface area is 97.6 Å². The van der Waals surface area contributed by atoms with Gasteiger partial charge in [0.1, 0.15) is 11.8 Å². The first kappa shape index (κ1) is 10.6. The molecule has 0 saturated carbocycles. The van der Waals surface area contributed by atoms with Crippen LogP contribution in [0, 0.1) is 25.2 Å². The highest BCUT2D eigenvalue weighted by Gasteiger charge is 2.03. The normalized spacial score (nSPS) is 9.81. The molecule has 0 unspecified atom stereocenters. The third kappa shape index (κ3) is 2.18. The molecule has 16 heavy (non-hydrogen) atoms. The van der Waals surface area contributed by atoms with Crippen LogP contribution in [0.25, 0.3) is 0 Å². The van der Waals surface area contributed by atoms with E-state index in [0.29, 0.717) is 5.69 Å². The summed E-state index contributed by atoms with van der Waals surface area (Å²) in [6.07, 6.45) is 1.63. The average Bonchev–Trinajstić information content (AvgIpc) is 2.59. The third-order valence-corrected chi connectivity index (χ3v) is 3.15. The number of aryl methyl sites for hydroxylation is 2. The van der Waals surface area contributed by atoms with Crippen molar-refractivity contribution in [1.82, 2.24) is 9.97 Å². The Hall–Kier alpha value is -1.93. The Morgan fingerprint density at radius 2 is 2.19 bits per heavy atom. The van der Waals surface area contributed by atoms with Crippen LogP contribution in [0.1, 0.15) is 16.3 Å². The van der Waals surface area contributed by atoms with E-state index in [1.54, 1.807) is 23.6 Å². The number of rotatable bonds is 2. The van der Waals surface area contributed by atoms with E-state index >= 15 is 0 Å². The standard InChI is InChI=1S/C11H10N4S/c1-7-8(2)16-11(14-7)15-10-4-3-9(5-12)13-6-10/h3-4,6H,1-2H3,(H,14,15). The van der Waals surface area contributed by atoms with Gasteiger partial charge in [0.2, 0.25) is 0 Å². The molecule has 0 radical (unpaired) electrons. The second-order valence-corrected chi connectivity index (χ2v) is 4.53. The fourth-order valence-electron chi connectivity index (χ4n) is 1.18. The lowest BCUT2D eigenvalue weighted by atomic mass is 10.3. The molecule has 4 nitrogen and oxygen atoms in total. The van der Waals surface area contributed by atoms with Crippen LogP contribution in [0.15, 0.2) is 18.3 Å². The molecular weight excluding hydrogens is 220 g/mol. The first-order valence-electron chi connectivity index (χ1n) is 4.76. The molecule has 2 rings (SSSR count). The molecule has 1 N–H and O–H groups in total. The van der Waals surface area contributed by atoms with Crippen LogP contribution in [0.2, 0.25) is 0 Å². The summed E-state index contributed by atoms with van der Waals surface area (Å²) in [6.45, 7) is 4.02. The van der Waals surface area contributed by atoms with Crippen molar-refractivity contribution in [3.05, 3.63) is 34.6 Å². The smallest absolute Gasteiger partial charge is 0.187 e. The molecule has 2 aromatic heterocycles. The lowest BCUT2D eigenvalue weighted by Crippen LogP contribution is -1.91. The van der Waals surface area contributed by atoms with Gasteiger partial charge in [-0.1, -0.05) is 0 Å². The summed E-state index contributed by atoms with van der Waals surface area (Å²) in [5, 5.41) is 12.6. The zero-order chi connectivity index (χ0) is 11.5. The Morgan fingerprint density at radius 3 is 2.69 bits per heavy atom. The Bertz CT molecular complexity index is 517. The molecule has 2 aromatic rings. The summed E-state index contributed by atoms with van der Waals surface area (Å²) in [7, 11) is 0. The number of nitriles is 1. The molecule has 0 aliphatic heterocycles. The SMILES string of the molecule is Cc1nc(Nc2ccc(C#N)nc2)sc1C. The van der Waals surface area contributed by atoms with Crippen molar-refractivity contribution in [2.24, 2.45) is 0 Å². The molecule has 0 atom stereocenters. The number of nitrogens with zero attached hydrogens (tertiary/aromatic N) is 3. The van der Waals surface area contributed by atoms with Crippen LogP contribution in [-0.2, 0) is 0 Å². The number of pyridine rings is 1.